The number of rotatable bonds is 3. The number of alkyl halides is 3. The summed E-state index contributed by atoms with van der Waals surface area (Å²) in [6.07, 6.45) is -0.969. The van der Waals surface area contributed by atoms with Gasteiger partial charge in [-0.05, 0) is 37.7 Å². The highest BCUT2D eigenvalue weighted by Gasteiger charge is 2.41. The van der Waals surface area contributed by atoms with Crippen molar-refractivity contribution >= 4 is 0 Å². The quantitative estimate of drug-likeness (QED) is 0.837. The van der Waals surface area contributed by atoms with Gasteiger partial charge in [0.25, 0.3) is 0 Å². The maximum atomic E-state index is 12.5. The molecule has 1 aliphatic carbocycles. The smallest absolute Gasteiger partial charge is 0.391 e. The van der Waals surface area contributed by atoms with Gasteiger partial charge in [0.05, 0.1) is 12.5 Å². The fourth-order valence-electron chi connectivity index (χ4n) is 2.22. The number of aromatic nitrogens is 2. The zero-order chi connectivity index (χ0) is 13.0. The van der Waals surface area contributed by atoms with Crippen molar-refractivity contribution in [2.24, 2.45) is 11.8 Å². The van der Waals surface area contributed by atoms with Crippen LogP contribution in [0.2, 0.25) is 0 Å². The highest BCUT2D eigenvalue weighted by Crippen LogP contribution is 2.39. The molecular weight excluding hydrogens is 245 g/mol. The summed E-state index contributed by atoms with van der Waals surface area (Å²) in [5, 5.41) is 7.43. The Morgan fingerprint density at radius 2 is 1.94 bits per heavy atom. The molecule has 0 radical (unpaired) electrons. The molecule has 1 aliphatic rings. The first-order chi connectivity index (χ1) is 8.55. The lowest BCUT2D eigenvalue weighted by Crippen LogP contribution is -2.29. The number of hydrogen-bond acceptors (Lipinski definition) is 3. The van der Waals surface area contributed by atoms with Gasteiger partial charge in [0, 0.05) is 12.3 Å². The van der Waals surface area contributed by atoms with Gasteiger partial charge >= 0.3 is 6.18 Å². The molecule has 1 aromatic heterocycles. The van der Waals surface area contributed by atoms with Gasteiger partial charge in [0.2, 0.25) is 5.88 Å². The molecule has 0 unspecified atom stereocenters. The molecular formula is C12H15F3N2O. The second-order valence-electron chi connectivity index (χ2n) is 4.63. The van der Waals surface area contributed by atoms with Crippen LogP contribution in [0.15, 0.2) is 18.3 Å². The maximum absolute atomic E-state index is 12.5. The fourth-order valence-corrected chi connectivity index (χ4v) is 2.22. The maximum Gasteiger partial charge on any atom is 0.391 e. The lowest BCUT2D eigenvalue weighted by atomic mass is 9.82. The third-order valence-electron chi connectivity index (χ3n) is 3.32. The molecule has 0 amide bonds. The van der Waals surface area contributed by atoms with Crippen molar-refractivity contribution in [2.45, 2.75) is 31.9 Å². The summed E-state index contributed by atoms with van der Waals surface area (Å²) in [7, 11) is 0. The van der Waals surface area contributed by atoms with Gasteiger partial charge in [-0.2, -0.15) is 18.3 Å². The van der Waals surface area contributed by atoms with Gasteiger partial charge in [0.1, 0.15) is 0 Å². The van der Waals surface area contributed by atoms with E-state index in [4.69, 9.17) is 4.74 Å². The Morgan fingerprint density at radius 3 is 2.50 bits per heavy atom. The molecule has 0 N–H and O–H groups in total. The first-order valence-corrected chi connectivity index (χ1v) is 6.03. The lowest BCUT2D eigenvalue weighted by molar-refractivity contribution is -0.184. The Labute approximate surface area is 103 Å². The molecule has 0 atom stereocenters. The van der Waals surface area contributed by atoms with E-state index in [1.165, 1.54) is 0 Å². The van der Waals surface area contributed by atoms with Crippen LogP contribution in [0.25, 0.3) is 0 Å². The Morgan fingerprint density at radius 1 is 1.22 bits per heavy atom. The van der Waals surface area contributed by atoms with Crippen LogP contribution < -0.4 is 4.74 Å². The normalized spacial score (nSPS) is 24.8. The van der Waals surface area contributed by atoms with Gasteiger partial charge in [-0.15, -0.1) is 5.10 Å². The standard InChI is InChI=1S/C12H15F3N2O/c13-12(14,15)10-5-3-9(4-6-10)8-18-11-2-1-7-16-17-11/h1-2,7,9-10H,3-6,8H2/t9-,10-. The second kappa shape index (κ2) is 5.54. The van der Waals surface area contributed by atoms with E-state index < -0.39 is 12.1 Å². The Kier molecular flexibility index (Phi) is 4.04. The SMILES string of the molecule is FC(F)(F)[C@H]1CC[C@H](COc2cccnn2)CC1. The molecule has 1 saturated carbocycles. The molecule has 0 aliphatic heterocycles. The van der Waals surface area contributed by atoms with Gasteiger partial charge in [-0.1, -0.05) is 0 Å². The summed E-state index contributed by atoms with van der Waals surface area (Å²) in [5.74, 6) is -0.522. The predicted molar refractivity (Wildman–Crippen MR) is 59.0 cm³/mol. The average Bonchev–Trinajstić information content (AvgIpc) is 2.37. The van der Waals surface area contributed by atoms with E-state index in [0.29, 0.717) is 25.3 Å². The third-order valence-corrected chi connectivity index (χ3v) is 3.32. The number of nitrogens with zero attached hydrogens (tertiary/aromatic N) is 2. The Balaban J connectivity index is 1.74. The van der Waals surface area contributed by atoms with Crippen LogP contribution in [-0.2, 0) is 0 Å². The van der Waals surface area contributed by atoms with Gasteiger partial charge in [0.15, 0.2) is 0 Å². The molecule has 18 heavy (non-hydrogen) atoms. The molecule has 0 saturated heterocycles. The van der Waals surface area contributed by atoms with Crippen molar-refractivity contribution < 1.29 is 17.9 Å². The highest BCUT2D eigenvalue weighted by atomic mass is 19.4. The van der Waals surface area contributed by atoms with Crippen LogP contribution in [0.4, 0.5) is 13.2 Å². The molecule has 6 heteroatoms. The molecule has 0 bridgehead atoms. The minimum atomic E-state index is -4.04. The van der Waals surface area contributed by atoms with Crippen molar-refractivity contribution in [2.75, 3.05) is 6.61 Å². The molecule has 0 spiro atoms. The molecule has 3 nitrogen and oxygen atoms in total. The molecule has 100 valence electrons. The summed E-state index contributed by atoms with van der Waals surface area (Å²) < 4.78 is 42.8. The number of halogens is 3. The van der Waals surface area contributed by atoms with Crippen molar-refractivity contribution in [3.63, 3.8) is 0 Å². The zero-order valence-electron chi connectivity index (χ0n) is 9.86. The van der Waals surface area contributed by atoms with Crippen molar-refractivity contribution in [3.05, 3.63) is 18.3 Å². The Bertz CT molecular complexity index is 361. The topological polar surface area (TPSA) is 35.0 Å². The third kappa shape index (κ3) is 3.58. The summed E-state index contributed by atoms with van der Waals surface area (Å²) >= 11 is 0. The van der Waals surface area contributed by atoms with Crippen molar-refractivity contribution in [3.8, 4) is 5.88 Å². The molecule has 1 fully saturated rings. The van der Waals surface area contributed by atoms with E-state index in [9.17, 15) is 13.2 Å². The molecule has 1 aromatic rings. The summed E-state index contributed by atoms with van der Waals surface area (Å²) in [6, 6.07) is 3.40. The van der Waals surface area contributed by atoms with Crippen LogP contribution >= 0.6 is 0 Å². The minimum Gasteiger partial charge on any atom is -0.476 e. The number of hydrogen-bond donors (Lipinski definition) is 0. The average molecular weight is 260 g/mol. The largest absolute Gasteiger partial charge is 0.476 e. The van der Waals surface area contributed by atoms with Crippen LogP contribution in [0.5, 0.6) is 5.88 Å². The minimum absolute atomic E-state index is 0.186. The Hall–Kier alpha value is -1.33. The van der Waals surface area contributed by atoms with Crippen LogP contribution in [-0.4, -0.2) is 23.0 Å². The second-order valence-corrected chi connectivity index (χ2v) is 4.63. The number of ether oxygens (including phenoxy) is 1. The monoisotopic (exact) mass is 260 g/mol. The van der Waals surface area contributed by atoms with Crippen molar-refractivity contribution in [1.29, 1.82) is 0 Å². The van der Waals surface area contributed by atoms with Crippen LogP contribution in [0, 0.1) is 11.8 Å². The van der Waals surface area contributed by atoms with Crippen LogP contribution in [0.1, 0.15) is 25.7 Å². The van der Waals surface area contributed by atoms with E-state index in [2.05, 4.69) is 10.2 Å². The summed E-state index contributed by atoms with van der Waals surface area (Å²) in [5.41, 5.74) is 0. The van der Waals surface area contributed by atoms with E-state index in [-0.39, 0.29) is 18.8 Å². The van der Waals surface area contributed by atoms with E-state index in [1.807, 2.05) is 0 Å². The fraction of sp³-hybridized carbons (Fsp3) is 0.667. The molecule has 1 heterocycles. The predicted octanol–water partition coefficient (Wildman–Crippen LogP) is 3.22. The van der Waals surface area contributed by atoms with Crippen LogP contribution in [0.3, 0.4) is 0 Å². The first kappa shape index (κ1) is 13.1. The summed E-state index contributed by atoms with van der Waals surface area (Å²) in [4.78, 5) is 0. The molecule has 0 aromatic carbocycles. The summed E-state index contributed by atoms with van der Waals surface area (Å²) in [6.45, 7) is 0.420. The van der Waals surface area contributed by atoms with Gasteiger partial charge in [-0.25, -0.2) is 0 Å². The first-order valence-electron chi connectivity index (χ1n) is 6.03. The van der Waals surface area contributed by atoms with Gasteiger partial charge in [-0.3, -0.25) is 0 Å². The van der Waals surface area contributed by atoms with E-state index in [1.54, 1.807) is 18.3 Å². The van der Waals surface area contributed by atoms with E-state index in [0.717, 1.165) is 0 Å². The van der Waals surface area contributed by atoms with Gasteiger partial charge < -0.3 is 4.74 Å². The lowest BCUT2D eigenvalue weighted by Gasteiger charge is -2.29. The van der Waals surface area contributed by atoms with Crippen molar-refractivity contribution in [1.82, 2.24) is 10.2 Å². The zero-order valence-corrected chi connectivity index (χ0v) is 9.86. The van der Waals surface area contributed by atoms with E-state index >= 15 is 0 Å². The molecule has 2 rings (SSSR count). The highest BCUT2D eigenvalue weighted by molar-refractivity contribution is 5.05.